The van der Waals surface area contributed by atoms with Crippen LogP contribution in [0.25, 0.3) is 10.2 Å². The molecule has 10 heteroatoms. The number of ether oxygens (including phenoxy) is 2. The molecule has 2 N–H and O–H groups in total. The second-order valence-corrected chi connectivity index (χ2v) is 8.69. The molecule has 3 heterocycles. The van der Waals surface area contributed by atoms with Crippen LogP contribution >= 0.6 is 11.3 Å². The van der Waals surface area contributed by atoms with E-state index in [1.807, 2.05) is 13.8 Å². The number of methoxy groups -OCH3 is 2. The standard InChI is InChI=1S/C21H31N5O4S/c1-5-8-22-16(27)11-26-9-6-14(7-10-26)23-19(28)18-13(2)17-20(30-4)24-15(12-29-3)25-21(17)31-18/h14H,5-12H2,1-4H3,(H,22,27)(H,23,28). The van der Waals surface area contributed by atoms with E-state index in [-0.39, 0.29) is 24.5 Å². The molecule has 2 aromatic heterocycles. The van der Waals surface area contributed by atoms with Crippen molar-refractivity contribution in [1.29, 1.82) is 0 Å². The highest BCUT2D eigenvalue weighted by molar-refractivity contribution is 7.20. The molecule has 0 atom stereocenters. The average Bonchev–Trinajstić information content (AvgIpc) is 3.10. The van der Waals surface area contributed by atoms with Crippen molar-refractivity contribution in [2.24, 2.45) is 0 Å². The minimum atomic E-state index is -0.102. The molecule has 0 unspecified atom stereocenters. The molecule has 1 aliphatic rings. The number of carbonyl (C=O) groups excluding carboxylic acids is 2. The number of fused-ring (bicyclic) bond motifs is 1. The maximum absolute atomic E-state index is 13.0. The smallest absolute Gasteiger partial charge is 0.261 e. The second-order valence-electron chi connectivity index (χ2n) is 7.69. The Balaban J connectivity index is 1.63. The number of likely N-dealkylation sites (tertiary alicyclic amines) is 1. The van der Waals surface area contributed by atoms with E-state index in [4.69, 9.17) is 9.47 Å². The van der Waals surface area contributed by atoms with Crippen LogP contribution in [0.4, 0.5) is 0 Å². The van der Waals surface area contributed by atoms with Gasteiger partial charge < -0.3 is 20.1 Å². The van der Waals surface area contributed by atoms with Crippen LogP contribution in [0.5, 0.6) is 5.88 Å². The summed E-state index contributed by atoms with van der Waals surface area (Å²) in [6.45, 7) is 6.91. The molecular formula is C21H31N5O4S. The Hall–Kier alpha value is -2.30. The van der Waals surface area contributed by atoms with Crippen LogP contribution in [-0.4, -0.2) is 73.1 Å². The van der Waals surface area contributed by atoms with Crippen molar-refractivity contribution < 1.29 is 19.1 Å². The number of hydrogen-bond acceptors (Lipinski definition) is 8. The third-order valence-electron chi connectivity index (χ3n) is 5.34. The van der Waals surface area contributed by atoms with E-state index in [1.54, 1.807) is 14.2 Å². The summed E-state index contributed by atoms with van der Waals surface area (Å²) in [4.78, 5) is 37.3. The largest absolute Gasteiger partial charge is 0.480 e. The first-order valence-electron chi connectivity index (χ1n) is 10.6. The highest BCUT2D eigenvalue weighted by Crippen LogP contribution is 2.35. The fraction of sp³-hybridized carbons (Fsp3) is 0.619. The summed E-state index contributed by atoms with van der Waals surface area (Å²) >= 11 is 1.34. The fourth-order valence-corrected chi connectivity index (χ4v) is 4.81. The van der Waals surface area contributed by atoms with Gasteiger partial charge in [-0.1, -0.05) is 6.92 Å². The maximum atomic E-state index is 13.0. The van der Waals surface area contributed by atoms with Gasteiger partial charge in [0.2, 0.25) is 11.8 Å². The SMILES string of the molecule is CCCNC(=O)CN1CCC(NC(=O)c2sc3nc(COC)nc(OC)c3c2C)CC1. The minimum absolute atomic E-state index is 0.0631. The lowest BCUT2D eigenvalue weighted by atomic mass is 10.0. The number of aromatic nitrogens is 2. The van der Waals surface area contributed by atoms with E-state index in [1.165, 1.54) is 11.3 Å². The van der Waals surface area contributed by atoms with E-state index in [0.717, 1.165) is 48.1 Å². The van der Waals surface area contributed by atoms with E-state index >= 15 is 0 Å². The summed E-state index contributed by atoms with van der Waals surface area (Å²) in [7, 11) is 3.15. The summed E-state index contributed by atoms with van der Waals surface area (Å²) < 4.78 is 10.6. The van der Waals surface area contributed by atoms with Gasteiger partial charge in [-0.05, 0) is 31.7 Å². The third kappa shape index (κ3) is 5.69. The van der Waals surface area contributed by atoms with Gasteiger partial charge in [-0.15, -0.1) is 11.3 Å². The number of aryl methyl sites for hydroxylation is 1. The van der Waals surface area contributed by atoms with Crippen molar-refractivity contribution in [2.75, 3.05) is 40.4 Å². The second kappa shape index (κ2) is 10.8. The highest BCUT2D eigenvalue weighted by Gasteiger charge is 2.25. The molecule has 1 aliphatic heterocycles. The molecule has 2 aromatic rings. The van der Waals surface area contributed by atoms with Crippen molar-refractivity contribution in [3.63, 3.8) is 0 Å². The summed E-state index contributed by atoms with van der Waals surface area (Å²) in [5.41, 5.74) is 0.823. The van der Waals surface area contributed by atoms with E-state index < -0.39 is 0 Å². The molecular weight excluding hydrogens is 418 g/mol. The normalized spacial score (nSPS) is 15.2. The van der Waals surface area contributed by atoms with Crippen LogP contribution in [0.3, 0.4) is 0 Å². The Morgan fingerprint density at radius 3 is 2.61 bits per heavy atom. The molecule has 170 valence electrons. The van der Waals surface area contributed by atoms with E-state index in [9.17, 15) is 9.59 Å². The average molecular weight is 450 g/mol. The number of amides is 2. The molecule has 1 fully saturated rings. The quantitative estimate of drug-likeness (QED) is 0.602. The lowest BCUT2D eigenvalue weighted by Crippen LogP contribution is -2.47. The minimum Gasteiger partial charge on any atom is -0.480 e. The van der Waals surface area contributed by atoms with Crippen LogP contribution in [0.15, 0.2) is 0 Å². The molecule has 0 spiro atoms. The zero-order chi connectivity index (χ0) is 22.4. The molecule has 1 saturated heterocycles. The number of piperidine rings is 1. The number of hydrogen-bond donors (Lipinski definition) is 2. The van der Waals surface area contributed by atoms with Gasteiger partial charge in [0.15, 0.2) is 5.82 Å². The van der Waals surface area contributed by atoms with Crippen LogP contribution in [0.2, 0.25) is 0 Å². The Morgan fingerprint density at radius 1 is 1.23 bits per heavy atom. The van der Waals surface area contributed by atoms with E-state index in [2.05, 4.69) is 25.5 Å². The molecule has 0 bridgehead atoms. The van der Waals surface area contributed by atoms with Gasteiger partial charge in [-0.2, -0.15) is 4.98 Å². The molecule has 31 heavy (non-hydrogen) atoms. The van der Waals surface area contributed by atoms with Crippen LogP contribution in [0.1, 0.15) is 47.2 Å². The zero-order valence-electron chi connectivity index (χ0n) is 18.6. The first kappa shape index (κ1) is 23.4. The predicted molar refractivity (Wildman–Crippen MR) is 120 cm³/mol. The molecule has 0 aromatic carbocycles. The maximum Gasteiger partial charge on any atom is 0.261 e. The van der Waals surface area contributed by atoms with Crippen molar-refractivity contribution in [3.05, 3.63) is 16.3 Å². The van der Waals surface area contributed by atoms with Crippen molar-refractivity contribution in [3.8, 4) is 5.88 Å². The molecule has 2 amide bonds. The fourth-order valence-electron chi connectivity index (χ4n) is 3.71. The van der Waals surface area contributed by atoms with Crippen LogP contribution in [0, 0.1) is 6.92 Å². The monoisotopic (exact) mass is 449 g/mol. The molecule has 0 saturated carbocycles. The Kier molecular flexibility index (Phi) is 8.16. The number of carbonyl (C=O) groups is 2. The van der Waals surface area contributed by atoms with Crippen molar-refractivity contribution in [2.45, 2.75) is 45.8 Å². The van der Waals surface area contributed by atoms with Gasteiger partial charge in [0.05, 0.1) is 23.9 Å². The van der Waals surface area contributed by atoms with E-state index in [0.29, 0.717) is 29.7 Å². The lowest BCUT2D eigenvalue weighted by Gasteiger charge is -2.31. The van der Waals surface area contributed by atoms with Gasteiger partial charge in [-0.25, -0.2) is 4.98 Å². The first-order chi connectivity index (χ1) is 15.0. The van der Waals surface area contributed by atoms with Gasteiger partial charge in [0, 0.05) is 32.8 Å². The third-order valence-corrected chi connectivity index (χ3v) is 6.52. The molecule has 0 aliphatic carbocycles. The summed E-state index contributed by atoms with van der Waals surface area (Å²) in [5, 5.41) is 6.83. The molecule has 0 radical (unpaired) electrons. The summed E-state index contributed by atoms with van der Waals surface area (Å²) in [6.07, 6.45) is 2.57. The Bertz CT molecular complexity index is 924. The van der Waals surface area contributed by atoms with Crippen LogP contribution < -0.4 is 15.4 Å². The van der Waals surface area contributed by atoms with Crippen LogP contribution in [-0.2, 0) is 16.1 Å². The van der Waals surface area contributed by atoms with Gasteiger partial charge in [0.1, 0.15) is 11.4 Å². The van der Waals surface area contributed by atoms with Gasteiger partial charge in [0.25, 0.3) is 5.91 Å². The highest BCUT2D eigenvalue weighted by atomic mass is 32.1. The molecule has 3 rings (SSSR count). The zero-order valence-corrected chi connectivity index (χ0v) is 19.4. The Labute approximate surface area is 186 Å². The summed E-state index contributed by atoms with van der Waals surface area (Å²) in [5.74, 6) is 0.943. The number of nitrogens with zero attached hydrogens (tertiary/aromatic N) is 3. The lowest BCUT2D eigenvalue weighted by molar-refractivity contribution is -0.122. The topological polar surface area (TPSA) is 106 Å². The van der Waals surface area contributed by atoms with Gasteiger partial charge >= 0.3 is 0 Å². The van der Waals surface area contributed by atoms with Crippen molar-refractivity contribution >= 4 is 33.4 Å². The predicted octanol–water partition coefficient (Wildman–Crippen LogP) is 1.88. The first-order valence-corrected chi connectivity index (χ1v) is 11.4. The number of rotatable bonds is 9. The molecule has 9 nitrogen and oxygen atoms in total. The van der Waals surface area contributed by atoms with Gasteiger partial charge in [-0.3, -0.25) is 14.5 Å². The number of nitrogens with one attached hydrogen (secondary N) is 2. The Morgan fingerprint density at radius 2 is 1.97 bits per heavy atom. The van der Waals surface area contributed by atoms with Crippen molar-refractivity contribution in [1.82, 2.24) is 25.5 Å². The summed E-state index contributed by atoms with van der Waals surface area (Å²) in [6, 6.07) is 0.0871. The number of thiophene rings is 1.